The highest BCUT2D eigenvalue weighted by molar-refractivity contribution is 5.89. The smallest absolute Gasteiger partial charge is 0.338 e. The summed E-state index contributed by atoms with van der Waals surface area (Å²) in [6, 6.07) is 9.33. The van der Waals surface area contributed by atoms with Crippen molar-refractivity contribution in [1.82, 2.24) is 0 Å². The molecule has 0 unspecified atom stereocenters. The molecule has 4 aliphatic rings. The predicted octanol–water partition coefficient (Wildman–Crippen LogP) is 6.34. The lowest BCUT2D eigenvalue weighted by Crippen LogP contribution is -2.59. The molecule has 0 bridgehead atoms. The zero-order valence-electron chi connectivity index (χ0n) is 22.2. The highest BCUT2D eigenvalue weighted by Gasteiger charge is 2.65. The standard InChI is InChI=1S/C31H44O5/c1-19(9-14-28(33)34)24-12-13-25-23-11-10-21-17-22(32)15-16-30(21,2)26(23)18-27(31(24,25)3)36-29(35)20-7-5-4-6-8-20/h4-8,19,21-27,32H,9-18H2,1-3H3,(H,33,34)/t19-,21+,22+,23-,24+,25-,26-,27-,30-,31+/m0/s1. The first-order chi connectivity index (χ1) is 17.1. The molecule has 10 atom stereocenters. The molecule has 2 N–H and O–H groups in total. The Morgan fingerprint density at radius 2 is 1.78 bits per heavy atom. The van der Waals surface area contributed by atoms with Crippen LogP contribution in [0.4, 0.5) is 0 Å². The third kappa shape index (κ3) is 4.29. The van der Waals surface area contributed by atoms with Crippen molar-refractivity contribution in [2.24, 2.45) is 46.3 Å². The van der Waals surface area contributed by atoms with E-state index in [1.54, 1.807) is 0 Å². The number of fused-ring (bicyclic) bond motifs is 5. The van der Waals surface area contributed by atoms with E-state index in [1.165, 1.54) is 12.8 Å². The number of aliphatic hydroxyl groups is 1. The molecule has 4 fully saturated rings. The monoisotopic (exact) mass is 496 g/mol. The zero-order valence-corrected chi connectivity index (χ0v) is 22.2. The fourth-order valence-electron chi connectivity index (χ4n) is 9.63. The minimum absolute atomic E-state index is 0.138. The predicted molar refractivity (Wildman–Crippen MR) is 138 cm³/mol. The number of carbonyl (C=O) groups excluding carboxylic acids is 1. The van der Waals surface area contributed by atoms with Crippen LogP contribution in [0.5, 0.6) is 0 Å². The van der Waals surface area contributed by atoms with Crippen LogP contribution in [0.3, 0.4) is 0 Å². The average molecular weight is 497 g/mol. The second-order valence-electron chi connectivity index (χ2n) is 13.0. The molecule has 0 aliphatic heterocycles. The molecule has 0 amide bonds. The maximum atomic E-state index is 13.4. The van der Waals surface area contributed by atoms with E-state index in [1.807, 2.05) is 30.3 Å². The molecule has 4 aliphatic carbocycles. The number of hydrogen-bond acceptors (Lipinski definition) is 4. The Labute approximate surface area is 216 Å². The van der Waals surface area contributed by atoms with Crippen LogP contribution in [-0.4, -0.2) is 34.4 Å². The number of hydrogen-bond donors (Lipinski definition) is 2. The fraction of sp³-hybridized carbons (Fsp3) is 0.742. The lowest BCUT2D eigenvalue weighted by Gasteiger charge is -2.62. The molecule has 36 heavy (non-hydrogen) atoms. The molecule has 0 aromatic heterocycles. The van der Waals surface area contributed by atoms with E-state index >= 15 is 0 Å². The summed E-state index contributed by atoms with van der Waals surface area (Å²) in [5, 5.41) is 19.7. The van der Waals surface area contributed by atoms with E-state index in [-0.39, 0.29) is 41.3 Å². The van der Waals surface area contributed by atoms with Crippen molar-refractivity contribution in [2.45, 2.75) is 97.2 Å². The van der Waals surface area contributed by atoms with Crippen LogP contribution in [0.25, 0.3) is 0 Å². The van der Waals surface area contributed by atoms with Crippen LogP contribution in [0.15, 0.2) is 30.3 Å². The Hall–Kier alpha value is -1.88. The van der Waals surface area contributed by atoms with E-state index < -0.39 is 5.97 Å². The Bertz CT molecular complexity index is 961. The number of carboxylic acids is 1. The maximum absolute atomic E-state index is 13.4. The molecule has 0 radical (unpaired) electrons. The number of carbonyl (C=O) groups is 2. The lowest BCUT2D eigenvalue weighted by molar-refractivity contribution is -0.176. The highest BCUT2D eigenvalue weighted by Crippen LogP contribution is 2.69. The zero-order chi connectivity index (χ0) is 25.7. The molecular weight excluding hydrogens is 452 g/mol. The van der Waals surface area contributed by atoms with Gasteiger partial charge in [0.25, 0.3) is 0 Å². The average Bonchev–Trinajstić information content (AvgIpc) is 3.22. The van der Waals surface area contributed by atoms with Gasteiger partial charge >= 0.3 is 11.9 Å². The number of rotatable bonds is 6. The first-order valence-corrected chi connectivity index (χ1v) is 14.3. The Balaban J connectivity index is 1.48. The van der Waals surface area contributed by atoms with Crippen LogP contribution in [0, 0.1) is 46.3 Å². The van der Waals surface area contributed by atoms with Crippen molar-refractivity contribution in [3.05, 3.63) is 35.9 Å². The summed E-state index contributed by atoms with van der Waals surface area (Å²) >= 11 is 0. The molecule has 5 heteroatoms. The first kappa shape index (κ1) is 25.8. The SMILES string of the molecule is C[C@@H](CCC(=O)O)[C@H]1CC[C@H]2[C@@H]3CC[C@@H]4C[C@H](O)CC[C@]4(C)[C@H]3C[C@H](OC(=O)c3ccccc3)[C@]12C. The summed E-state index contributed by atoms with van der Waals surface area (Å²) in [7, 11) is 0. The molecule has 4 saturated carbocycles. The minimum atomic E-state index is -0.733. The second-order valence-corrected chi connectivity index (χ2v) is 13.0. The largest absolute Gasteiger partial charge is 0.481 e. The Kier molecular flexibility index (Phi) is 6.99. The van der Waals surface area contributed by atoms with Crippen molar-refractivity contribution in [3.63, 3.8) is 0 Å². The number of benzene rings is 1. The topological polar surface area (TPSA) is 83.8 Å². The number of ether oxygens (including phenoxy) is 1. The van der Waals surface area contributed by atoms with Crippen molar-refractivity contribution in [1.29, 1.82) is 0 Å². The number of aliphatic hydroxyl groups excluding tert-OH is 1. The van der Waals surface area contributed by atoms with E-state index in [9.17, 15) is 19.8 Å². The van der Waals surface area contributed by atoms with E-state index in [4.69, 9.17) is 4.74 Å². The second kappa shape index (κ2) is 9.78. The van der Waals surface area contributed by atoms with Crippen LogP contribution in [-0.2, 0) is 9.53 Å². The van der Waals surface area contributed by atoms with Gasteiger partial charge in [0.2, 0.25) is 0 Å². The first-order valence-electron chi connectivity index (χ1n) is 14.3. The summed E-state index contributed by atoms with van der Waals surface area (Å²) in [6.07, 6.45) is 8.88. The van der Waals surface area contributed by atoms with Gasteiger partial charge in [0.15, 0.2) is 0 Å². The summed E-state index contributed by atoms with van der Waals surface area (Å²) in [5.41, 5.74) is 0.649. The van der Waals surface area contributed by atoms with Gasteiger partial charge in [-0.2, -0.15) is 0 Å². The van der Waals surface area contributed by atoms with Crippen molar-refractivity contribution in [2.75, 3.05) is 0 Å². The van der Waals surface area contributed by atoms with Gasteiger partial charge in [-0.15, -0.1) is 0 Å². The van der Waals surface area contributed by atoms with Crippen LogP contribution in [0.1, 0.15) is 95.3 Å². The molecule has 0 spiro atoms. The van der Waals surface area contributed by atoms with Crippen molar-refractivity contribution < 1.29 is 24.5 Å². The van der Waals surface area contributed by atoms with E-state index in [2.05, 4.69) is 20.8 Å². The highest BCUT2D eigenvalue weighted by atomic mass is 16.5. The van der Waals surface area contributed by atoms with Gasteiger partial charge in [-0.3, -0.25) is 4.79 Å². The van der Waals surface area contributed by atoms with Crippen molar-refractivity contribution >= 4 is 11.9 Å². The third-order valence-corrected chi connectivity index (χ3v) is 11.5. The summed E-state index contributed by atoms with van der Waals surface area (Å²) in [4.78, 5) is 24.7. The van der Waals surface area contributed by atoms with Gasteiger partial charge in [-0.05, 0) is 111 Å². The molecule has 198 valence electrons. The minimum Gasteiger partial charge on any atom is -0.481 e. The van der Waals surface area contributed by atoms with Crippen LogP contribution < -0.4 is 0 Å². The molecule has 5 nitrogen and oxygen atoms in total. The number of carboxylic acid groups (broad SMARTS) is 1. The van der Waals surface area contributed by atoms with Gasteiger partial charge in [0, 0.05) is 11.8 Å². The molecule has 0 saturated heterocycles. The molecular formula is C31H44O5. The summed E-state index contributed by atoms with van der Waals surface area (Å²) in [5.74, 6) is 1.83. The maximum Gasteiger partial charge on any atom is 0.338 e. The fourth-order valence-corrected chi connectivity index (χ4v) is 9.63. The van der Waals surface area contributed by atoms with Gasteiger partial charge in [0.05, 0.1) is 11.7 Å². The van der Waals surface area contributed by atoms with Crippen LogP contribution in [0.2, 0.25) is 0 Å². The van der Waals surface area contributed by atoms with Crippen LogP contribution >= 0.6 is 0 Å². The van der Waals surface area contributed by atoms with Crippen molar-refractivity contribution in [3.8, 4) is 0 Å². The van der Waals surface area contributed by atoms with Gasteiger partial charge < -0.3 is 14.9 Å². The molecule has 1 aromatic rings. The molecule has 5 rings (SSSR count). The quantitative estimate of drug-likeness (QED) is 0.449. The van der Waals surface area contributed by atoms with E-state index in [0.29, 0.717) is 41.6 Å². The Morgan fingerprint density at radius 3 is 2.50 bits per heavy atom. The molecule has 1 aromatic carbocycles. The van der Waals surface area contributed by atoms with Gasteiger partial charge in [-0.1, -0.05) is 39.0 Å². The van der Waals surface area contributed by atoms with Gasteiger partial charge in [0.1, 0.15) is 6.10 Å². The normalized spacial score (nSPS) is 42.5. The number of esters is 1. The summed E-state index contributed by atoms with van der Waals surface area (Å²) in [6.45, 7) is 7.04. The van der Waals surface area contributed by atoms with Gasteiger partial charge in [-0.25, -0.2) is 4.79 Å². The summed E-state index contributed by atoms with van der Waals surface area (Å²) < 4.78 is 6.49. The Morgan fingerprint density at radius 1 is 1.03 bits per heavy atom. The van der Waals surface area contributed by atoms with E-state index in [0.717, 1.165) is 38.5 Å². The lowest BCUT2D eigenvalue weighted by atomic mass is 9.43. The number of aliphatic carboxylic acids is 1. The third-order valence-electron chi connectivity index (χ3n) is 11.5. The molecule has 0 heterocycles.